The maximum absolute atomic E-state index is 12.2. The van der Waals surface area contributed by atoms with Gasteiger partial charge < -0.3 is 10.6 Å². The molecule has 1 saturated heterocycles. The van der Waals surface area contributed by atoms with E-state index in [0.717, 1.165) is 52.0 Å². The van der Waals surface area contributed by atoms with Gasteiger partial charge in [-0.05, 0) is 56.3 Å². The third-order valence-electron chi connectivity index (χ3n) is 4.74. The van der Waals surface area contributed by atoms with Gasteiger partial charge in [0, 0.05) is 36.5 Å². The second-order valence-electron chi connectivity index (χ2n) is 6.21. The quantitative estimate of drug-likeness (QED) is 0.888. The molecule has 0 aromatic carbocycles. The molecular weight excluding hydrogens is 282 g/mol. The third-order valence-corrected chi connectivity index (χ3v) is 5.77. The van der Waals surface area contributed by atoms with E-state index in [9.17, 15) is 4.79 Å². The number of hydrogen-bond donors (Lipinski definition) is 2. The fourth-order valence-electron chi connectivity index (χ4n) is 3.25. The summed E-state index contributed by atoms with van der Waals surface area (Å²) in [6, 6.07) is 2.65. The summed E-state index contributed by atoms with van der Waals surface area (Å²) in [6.07, 6.45) is 3.10. The van der Waals surface area contributed by atoms with Crippen molar-refractivity contribution < 1.29 is 4.79 Å². The first-order valence-corrected chi connectivity index (χ1v) is 8.89. The van der Waals surface area contributed by atoms with Crippen molar-refractivity contribution in [3.05, 3.63) is 21.9 Å². The number of thiophene rings is 1. The summed E-state index contributed by atoms with van der Waals surface area (Å²) < 4.78 is 0. The Bertz CT molecular complexity index is 482. The average Bonchev–Trinajstić information content (AvgIpc) is 3.00. The molecule has 0 bridgehead atoms. The number of amides is 1. The monoisotopic (exact) mass is 307 g/mol. The lowest BCUT2D eigenvalue weighted by atomic mass is 9.97. The Morgan fingerprint density at radius 3 is 3.14 bits per heavy atom. The van der Waals surface area contributed by atoms with Crippen LogP contribution < -0.4 is 10.6 Å². The van der Waals surface area contributed by atoms with Crippen LogP contribution in [0.5, 0.6) is 0 Å². The first kappa shape index (κ1) is 15.0. The van der Waals surface area contributed by atoms with Crippen LogP contribution in [0, 0.1) is 5.92 Å². The highest BCUT2D eigenvalue weighted by Gasteiger charge is 2.24. The zero-order valence-electron chi connectivity index (χ0n) is 12.7. The third kappa shape index (κ3) is 3.65. The molecule has 1 amide bonds. The Labute approximate surface area is 130 Å². The predicted octanol–water partition coefficient (Wildman–Crippen LogP) is 1.61. The molecule has 5 heteroatoms. The summed E-state index contributed by atoms with van der Waals surface area (Å²) in [4.78, 5) is 16.2. The van der Waals surface area contributed by atoms with E-state index in [0.29, 0.717) is 6.04 Å². The van der Waals surface area contributed by atoms with Crippen LogP contribution in [-0.4, -0.2) is 43.0 Å². The Balaban J connectivity index is 1.46. The van der Waals surface area contributed by atoms with Gasteiger partial charge in [0.25, 0.3) is 0 Å². The van der Waals surface area contributed by atoms with Crippen LogP contribution in [-0.2, 0) is 17.8 Å². The zero-order chi connectivity index (χ0) is 14.7. The van der Waals surface area contributed by atoms with Gasteiger partial charge in [-0.1, -0.05) is 0 Å². The maximum Gasteiger partial charge on any atom is 0.223 e. The largest absolute Gasteiger partial charge is 0.354 e. The predicted molar refractivity (Wildman–Crippen MR) is 86.5 cm³/mol. The summed E-state index contributed by atoms with van der Waals surface area (Å²) >= 11 is 1.87. The van der Waals surface area contributed by atoms with Crippen molar-refractivity contribution >= 4 is 17.2 Å². The van der Waals surface area contributed by atoms with Crippen LogP contribution >= 0.6 is 11.3 Å². The highest BCUT2D eigenvalue weighted by atomic mass is 32.1. The SMILES string of the molecule is CC(CNC(=O)C1CCNCC1)N1CCc2sccc2C1. The number of carbonyl (C=O) groups excluding carboxylic acids is 1. The number of piperidine rings is 1. The van der Waals surface area contributed by atoms with Crippen LogP contribution in [0.25, 0.3) is 0 Å². The Hall–Kier alpha value is -0.910. The molecule has 2 N–H and O–H groups in total. The summed E-state index contributed by atoms with van der Waals surface area (Å²) in [5.74, 6) is 0.458. The van der Waals surface area contributed by atoms with Crippen molar-refractivity contribution in [3.8, 4) is 0 Å². The lowest BCUT2D eigenvalue weighted by Crippen LogP contribution is -2.46. The fraction of sp³-hybridized carbons (Fsp3) is 0.688. The van der Waals surface area contributed by atoms with Gasteiger partial charge >= 0.3 is 0 Å². The van der Waals surface area contributed by atoms with Crippen LogP contribution in [0.2, 0.25) is 0 Å². The van der Waals surface area contributed by atoms with Gasteiger partial charge in [-0.15, -0.1) is 11.3 Å². The lowest BCUT2D eigenvalue weighted by Gasteiger charge is -2.33. The Kier molecular flexibility index (Phi) is 4.93. The first-order chi connectivity index (χ1) is 10.2. The molecular formula is C16H25N3OS. The van der Waals surface area contributed by atoms with Crippen LogP contribution in [0.4, 0.5) is 0 Å². The van der Waals surface area contributed by atoms with Crippen LogP contribution in [0.15, 0.2) is 11.4 Å². The average molecular weight is 307 g/mol. The van der Waals surface area contributed by atoms with Crippen molar-refractivity contribution in [2.24, 2.45) is 5.92 Å². The molecule has 0 spiro atoms. The number of nitrogens with zero attached hydrogens (tertiary/aromatic N) is 1. The smallest absolute Gasteiger partial charge is 0.223 e. The molecule has 0 saturated carbocycles. The molecule has 1 atom stereocenters. The molecule has 1 fully saturated rings. The van der Waals surface area contributed by atoms with E-state index in [1.54, 1.807) is 0 Å². The molecule has 1 unspecified atom stereocenters. The Morgan fingerprint density at radius 1 is 1.52 bits per heavy atom. The normalized spacial score (nSPS) is 21.8. The van der Waals surface area contributed by atoms with E-state index in [1.165, 1.54) is 10.4 Å². The van der Waals surface area contributed by atoms with E-state index in [4.69, 9.17) is 0 Å². The lowest BCUT2D eigenvalue weighted by molar-refractivity contribution is -0.126. The second-order valence-corrected chi connectivity index (χ2v) is 7.21. The molecule has 3 heterocycles. The topological polar surface area (TPSA) is 44.4 Å². The van der Waals surface area contributed by atoms with E-state index in [2.05, 4.69) is 33.9 Å². The van der Waals surface area contributed by atoms with E-state index in [1.807, 2.05) is 11.3 Å². The Morgan fingerprint density at radius 2 is 2.33 bits per heavy atom. The molecule has 2 aliphatic heterocycles. The van der Waals surface area contributed by atoms with Gasteiger partial charge in [0.15, 0.2) is 0 Å². The molecule has 3 rings (SSSR count). The van der Waals surface area contributed by atoms with E-state index >= 15 is 0 Å². The summed E-state index contributed by atoms with van der Waals surface area (Å²) in [6.45, 7) is 7.07. The van der Waals surface area contributed by atoms with Crippen molar-refractivity contribution in [2.75, 3.05) is 26.2 Å². The van der Waals surface area contributed by atoms with Crippen molar-refractivity contribution in [1.82, 2.24) is 15.5 Å². The van der Waals surface area contributed by atoms with Crippen molar-refractivity contribution in [2.45, 2.75) is 38.8 Å². The second kappa shape index (κ2) is 6.90. The molecule has 1 aromatic rings. The van der Waals surface area contributed by atoms with Crippen LogP contribution in [0.3, 0.4) is 0 Å². The van der Waals surface area contributed by atoms with Gasteiger partial charge in [-0.2, -0.15) is 0 Å². The van der Waals surface area contributed by atoms with E-state index in [-0.39, 0.29) is 11.8 Å². The van der Waals surface area contributed by atoms with Gasteiger partial charge in [-0.25, -0.2) is 0 Å². The minimum absolute atomic E-state index is 0.211. The molecule has 21 heavy (non-hydrogen) atoms. The molecule has 4 nitrogen and oxygen atoms in total. The van der Waals surface area contributed by atoms with Crippen molar-refractivity contribution in [3.63, 3.8) is 0 Å². The molecule has 1 aromatic heterocycles. The number of nitrogens with one attached hydrogen (secondary N) is 2. The van der Waals surface area contributed by atoms with Gasteiger partial charge in [0.2, 0.25) is 5.91 Å². The molecule has 116 valence electrons. The number of hydrogen-bond acceptors (Lipinski definition) is 4. The number of fused-ring (bicyclic) bond motifs is 1. The standard InChI is InChI=1S/C16H25N3OS/c1-12(10-18-16(20)13-2-6-17-7-3-13)19-8-4-15-14(11-19)5-9-21-15/h5,9,12-13,17H,2-4,6-8,10-11H2,1H3,(H,18,20). The maximum atomic E-state index is 12.2. The van der Waals surface area contributed by atoms with Crippen LogP contribution in [0.1, 0.15) is 30.2 Å². The highest BCUT2D eigenvalue weighted by Crippen LogP contribution is 2.25. The molecule has 0 radical (unpaired) electrons. The zero-order valence-corrected chi connectivity index (χ0v) is 13.5. The van der Waals surface area contributed by atoms with Gasteiger partial charge in [0.05, 0.1) is 0 Å². The summed E-state index contributed by atoms with van der Waals surface area (Å²) in [5, 5.41) is 8.66. The summed E-state index contributed by atoms with van der Waals surface area (Å²) in [5.41, 5.74) is 1.47. The van der Waals surface area contributed by atoms with Gasteiger partial charge in [0.1, 0.15) is 0 Å². The molecule has 2 aliphatic rings. The molecule has 0 aliphatic carbocycles. The first-order valence-electron chi connectivity index (χ1n) is 8.02. The van der Waals surface area contributed by atoms with Crippen molar-refractivity contribution in [1.29, 1.82) is 0 Å². The number of carbonyl (C=O) groups is 1. The fourth-order valence-corrected chi connectivity index (χ4v) is 4.14. The number of rotatable bonds is 4. The highest BCUT2D eigenvalue weighted by molar-refractivity contribution is 7.10. The van der Waals surface area contributed by atoms with Gasteiger partial charge in [-0.3, -0.25) is 9.69 Å². The minimum Gasteiger partial charge on any atom is -0.354 e. The minimum atomic E-state index is 0.211. The summed E-state index contributed by atoms with van der Waals surface area (Å²) in [7, 11) is 0. The van der Waals surface area contributed by atoms with E-state index < -0.39 is 0 Å².